The standard InChI is InChI=1S/C19H19ClN2O5S/c1-11-7-13(20)3-5-15(11)21-18(23)8-12(2)28(25,26)14-4-6-17-16(9-14)22-19(24)10-27-17/h3-7,9,12H,8,10H2,1-2H3,(H,21,23)(H,22,24)/t12-/m0/s1. The molecule has 0 aliphatic carbocycles. The molecule has 148 valence electrons. The van der Waals surface area contributed by atoms with Gasteiger partial charge in [-0.15, -0.1) is 0 Å². The number of hydrogen-bond donors (Lipinski definition) is 2. The lowest BCUT2D eigenvalue weighted by Crippen LogP contribution is -2.27. The molecule has 1 aliphatic rings. The van der Waals surface area contributed by atoms with Crippen LogP contribution in [0.2, 0.25) is 5.02 Å². The summed E-state index contributed by atoms with van der Waals surface area (Å²) in [5, 5.41) is 4.88. The molecule has 3 rings (SSSR count). The van der Waals surface area contributed by atoms with Crippen LogP contribution in [-0.2, 0) is 19.4 Å². The third-order valence-corrected chi connectivity index (χ3v) is 6.75. The molecule has 0 fully saturated rings. The molecule has 2 aromatic carbocycles. The third kappa shape index (κ3) is 4.28. The summed E-state index contributed by atoms with van der Waals surface area (Å²) in [5.41, 5.74) is 1.65. The predicted octanol–water partition coefficient (Wildman–Crippen LogP) is 3.17. The first-order valence-electron chi connectivity index (χ1n) is 8.53. The Labute approximate surface area is 168 Å². The molecule has 2 amide bonds. The van der Waals surface area contributed by atoms with Gasteiger partial charge in [0.05, 0.1) is 15.8 Å². The summed E-state index contributed by atoms with van der Waals surface area (Å²) >= 11 is 5.90. The average Bonchev–Trinajstić information content (AvgIpc) is 2.63. The topological polar surface area (TPSA) is 102 Å². The fourth-order valence-electron chi connectivity index (χ4n) is 2.81. The molecular weight excluding hydrogens is 404 g/mol. The van der Waals surface area contributed by atoms with Crippen molar-refractivity contribution < 1.29 is 22.7 Å². The zero-order valence-corrected chi connectivity index (χ0v) is 16.9. The zero-order valence-electron chi connectivity index (χ0n) is 15.3. The highest BCUT2D eigenvalue weighted by molar-refractivity contribution is 7.92. The van der Waals surface area contributed by atoms with Crippen molar-refractivity contribution in [1.82, 2.24) is 0 Å². The maximum Gasteiger partial charge on any atom is 0.262 e. The number of nitrogens with one attached hydrogen (secondary N) is 2. The minimum atomic E-state index is -3.78. The monoisotopic (exact) mass is 422 g/mol. The van der Waals surface area contributed by atoms with Crippen LogP contribution in [0.4, 0.5) is 11.4 Å². The minimum absolute atomic E-state index is 0.0139. The fraction of sp³-hybridized carbons (Fsp3) is 0.263. The van der Waals surface area contributed by atoms with E-state index in [4.69, 9.17) is 16.3 Å². The van der Waals surface area contributed by atoms with E-state index in [0.717, 1.165) is 5.56 Å². The Balaban J connectivity index is 1.74. The lowest BCUT2D eigenvalue weighted by atomic mass is 10.2. The summed E-state index contributed by atoms with van der Waals surface area (Å²) in [5.74, 6) is -0.369. The molecule has 1 heterocycles. The van der Waals surface area contributed by atoms with Gasteiger partial charge in [0.15, 0.2) is 16.4 Å². The Morgan fingerprint density at radius 2 is 2.04 bits per heavy atom. The van der Waals surface area contributed by atoms with Crippen molar-refractivity contribution in [2.24, 2.45) is 0 Å². The van der Waals surface area contributed by atoms with Gasteiger partial charge in [-0.25, -0.2) is 8.42 Å². The Morgan fingerprint density at radius 3 is 2.75 bits per heavy atom. The van der Waals surface area contributed by atoms with E-state index in [1.54, 1.807) is 25.1 Å². The molecule has 0 saturated carbocycles. The molecular formula is C19H19ClN2O5S. The highest BCUT2D eigenvalue weighted by Gasteiger charge is 2.28. The molecule has 0 radical (unpaired) electrons. The van der Waals surface area contributed by atoms with Crippen LogP contribution >= 0.6 is 11.6 Å². The van der Waals surface area contributed by atoms with E-state index in [1.165, 1.54) is 25.1 Å². The van der Waals surface area contributed by atoms with Crippen LogP contribution in [0, 0.1) is 6.92 Å². The number of amides is 2. The van der Waals surface area contributed by atoms with Gasteiger partial charge in [-0.2, -0.15) is 0 Å². The normalized spacial score (nSPS) is 14.5. The van der Waals surface area contributed by atoms with E-state index in [1.807, 2.05) is 0 Å². The summed E-state index contributed by atoms with van der Waals surface area (Å²) in [7, 11) is -3.78. The second-order valence-electron chi connectivity index (χ2n) is 6.56. The highest BCUT2D eigenvalue weighted by Crippen LogP contribution is 2.31. The van der Waals surface area contributed by atoms with Crippen molar-refractivity contribution in [3.63, 3.8) is 0 Å². The number of fused-ring (bicyclic) bond motifs is 1. The van der Waals surface area contributed by atoms with Gasteiger partial charge < -0.3 is 15.4 Å². The number of anilines is 2. The van der Waals surface area contributed by atoms with Gasteiger partial charge in [-0.3, -0.25) is 9.59 Å². The van der Waals surface area contributed by atoms with Crippen LogP contribution in [0.1, 0.15) is 18.9 Å². The van der Waals surface area contributed by atoms with E-state index < -0.39 is 21.0 Å². The zero-order chi connectivity index (χ0) is 20.5. The van der Waals surface area contributed by atoms with E-state index in [0.29, 0.717) is 22.1 Å². The van der Waals surface area contributed by atoms with Crippen LogP contribution in [0.3, 0.4) is 0 Å². The third-order valence-electron chi connectivity index (χ3n) is 4.38. The molecule has 2 N–H and O–H groups in total. The van der Waals surface area contributed by atoms with Crippen molar-refractivity contribution >= 4 is 44.6 Å². The number of halogens is 1. The summed E-state index contributed by atoms with van der Waals surface area (Å²) in [6, 6.07) is 9.27. The molecule has 0 saturated heterocycles. The molecule has 9 heteroatoms. The van der Waals surface area contributed by atoms with Crippen molar-refractivity contribution in [3.8, 4) is 5.75 Å². The number of sulfone groups is 1. The van der Waals surface area contributed by atoms with Crippen LogP contribution < -0.4 is 15.4 Å². The van der Waals surface area contributed by atoms with Gasteiger partial charge >= 0.3 is 0 Å². The van der Waals surface area contributed by atoms with Gasteiger partial charge in [-0.05, 0) is 55.8 Å². The number of aryl methyl sites for hydroxylation is 1. The van der Waals surface area contributed by atoms with Crippen molar-refractivity contribution in [1.29, 1.82) is 0 Å². The van der Waals surface area contributed by atoms with Gasteiger partial charge in [0.25, 0.3) is 5.91 Å². The fourth-order valence-corrected chi connectivity index (χ4v) is 4.41. The van der Waals surface area contributed by atoms with E-state index in [-0.39, 0.29) is 23.8 Å². The summed E-state index contributed by atoms with van der Waals surface area (Å²) in [4.78, 5) is 23.8. The van der Waals surface area contributed by atoms with Gasteiger partial charge in [0.1, 0.15) is 5.75 Å². The number of hydrogen-bond acceptors (Lipinski definition) is 5. The first kappa shape index (κ1) is 20.2. The minimum Gasteiger partial charge on any atom is -0.482 e. The van der Waals surface area contributed by atoms with E-state index in [9.17, 15) is 18.0 Å². The number of ether oxygens (including phenoxy) is 1. The molecule has 0 bridgehead atoms. The first-order chi connectivity index (χ1) is 13.2. The molecule has 7 nitrogen and oxygen atoms in total. The van der Waals surface area contributed by atoms with Crippen LogP contribution in [0.5, 0.6) is 5.75 Å². The van der Waals surface area contributed by atoms with E-state index in [2.05, 4.69) is 10.6 Å². The second kappa shape index (κ2) is 7.81. The molecule has 0 aromatic heterocycles. The predicted molar refractivity (Wildman–Crippen MR) is 107 cm³/mol. The van der Waals surface area contributed by atoms with Crippen LogP contribution in [0.25, 0.3) is 0 Å². The Morgan fingerprint density at radius 1 is 1.29 bits per heavy atom. The highest BCUT2D eigenvalue weighted by atomic mass is 35.5. The molecule has 28 heavy (non-hydrogen) atoms. The molecule has 1 atom stereocenters. The quantitative estimate of drug-likeness (QED) is 0.770. The van der Waals surface area contributed by atoms with E-state index >= 15 is 0 Å². The lowest BCUT2D eigenvalue weighted by Gasteiger charge is -2.19. The maximum absolute atomic E-state index is 12.8. The van der Waals surface area contributed by atoms with Gasteiger partial charge in [-0.1, -0.05) is 11.6 Å². The van der Waals surface area contributed by atoms with Crippen molar-refractivity contribution in [3.05, 3.63) is 47.0 Å². The number of carbonyl (C=O) groups excluding carboxylic acids is 2. The van der Waals surface area contributed by atoms with Crippen molar-refractivity contribution in [2.45, 2.75) is 30.4 Å². The largest absolute Gasteiger partial charge is 0.482 e. The molecule has 1 aliphatic heterocycles. The number of carbonyl (C=O) groups is 2. The number of rotatable bonds is 5. The Kier molecular flexibility index (Phi) is 5.62. The smallest absolute Gasteiger partial charge is 0.262 e. The van der Waals surface area contributed by atoms with Crippen LogP contribution in [0.15, 0.2) is 41.3 Å². The molecule has 2 aromatic rings. The summed E-state index contributed by atoms with van der Waals surface area (Å²) in [6.07, 6.45) is -0.218. The Bertz CT molecular complexity index is 1050. The second-order valence-corrected chi connectivity index (χ2v) is 9.36. The molecule has 0 spiro atoms. The van der Waals surface area contributed by atoms with Crippen LogP contribution in [-0.4, -0.2) is 32.1 Å². The van der Waals surface area contributed by atoms with Crippen molar-refractivity contribution in [2.75, 3.05) is 17.2 Å². The summed E-state index contributed by atoms with van der Waals surface area (Å²) in [6.45, 7) is 3.16. The number of benzene rings is 2. The maximum atomic E-state index is 12.8. The van der Waals surface area contributed by atoms with Gasteiger partial charge in [0, 0.05) is 17.1 Å². The molecule has 0 unspecified atom stereocenters. The van der Waals surface area contributed by atoms with Gasteiger partial charge in [0.2, 0.25) is 5.91 Å². The summed E-state index contributed by atoms with van der Waals surface area (Å²) < 4.78 is 30.9. The Hall–Kier alpha value is -2.58. The SMILES string of the molecule is Cc1cc(Cl)ccc1NC(=O)C[C@H](C)S(=O)(=O)c1ccc2c(c1)NC(=O)CO2. The first-order valence-corrected chi connectivity index (χ1v) is 10.5. The lowest BCUT2D eigenvalue weighted by molar-refractivity contribution is -0.118. The average molecular weight is 423 g/mol.